The molecule has 35 heavy (non-hydrogen) atoms. The number of halogens is 2. The molecule has 0 fully saturated rings. The number of ether oxygens (including phenoxy) is 1. The van der Waals surface area contributed by atoms with E-state index in [9.17, 15) is 9.59 Å². The lowest BCUT2D eigenvalue weighted by molar-refractivity contribution is -0.121. The SMILES string of the molecule is C[C@@H](NC(=O)Cc1cc2c(cn1)C(NC(=O)O[C@H](C)c1ccc(Cl)nc1)=NC2)c1ccc(Cl)nc1. The molecule has 4 rings (SSSR count). The van der Waals surface area contributed by atoms with Crippen molar-refractivity contribution in [1.82, 2.24) is 25.6 Å². The molecule has 3 aromatic heterocycles. The van der Waals surface area contributed by atoms with Gasteiger partial charge < -0.3 is 10.1 Å². The third kappa shape index (κ3) is 6.32. The number of amidine groups is 1. The van der Waals surface area contributed by atoms with Crippen LogP contribution in [0.15, 0.2) is 53.9 Å². The van der Waals surface area contributed by atoms with Crippen molar-refractivity contribution in [2.45, 2.75) is 39.0 Å². The predicted molar refractivity (Wildman–Crippen MR) is 131 cm³/mol. The normalized spacial score (nSPS) is 13.9. The van der Waals surface area contributed by atoms with Gasteiger partial charge in [-0.15, -0.1) is 0 Å². The van der Waals surface area contributed by atoms with Crippen molar-refractivity contribution in [3.8, 4) is 0 Å². The monoisotopic (exact) mass is 512 g/mol. The van der Waals surface area contributed by atoms with Gasteiger partial charge in [0.2, 0.25) is 5.91 Å². The second-order valence-corrected chi connectivity index (χ2v) is 8.74. The Morgan fingerprint density at radius 3 is 2.34 bits per heavy atom. The first-order chi connectivity index (χ1) is 16.8. The van der Waals surface area contributed by atoms with Gasteiger partial charge in [0.25, 0.3) is 0 Å². The van der Waals surface area contributed by atoms with Crippen molar-refractivity contribution in [3.05, 3.63) is 87.2 Å². The van der Waals surface area contributed by atoms with Crippen LogP contribution in [0.5, 0.6) is 0 Å². The second-order valence-electron chi connectivity index (χ2n) is 7.96. The zero-order valence-corrected chi connectivity index (χ0v) is 20.5. The van der Waals surface area contributed by atoms with Crippen LogP contribution in [0.3, 0.4) is 0 Å². The molecule has 0 unspecified atom stereocenters. The Balaban J connectivity index is 1.32. The van der Waals surface area contributed by atoms with Crippen LogP contribution in [0.4, 0.5) is 4.79 Å². The largest absolute Gasteiger partial charge is 0.441 e. The number of pyridine rings is 3. The molecule has 2 amide bonds. The first-order valence-electron chi connectivity index (χ1n) is 10.8. The number of amides is 2. The molecule has 180 valence electrons. The Labute approximate surface area is 212 Å². The molecule has 0 bridgehead atoms. The topological polar surface area (TPSA) is 118 Å². The molecule has 0 aromatic carbocycles. The first kappa shape index (κ1) is 24.6. The number of nitrogens with zero attached hydrogens (tertiary/aromatic N) is 4. The van der Waals surface area contributed by atoms with Crippen LogP contribution in [-0.4, -0.2) is 32.8 Å². The molecule has 2 atom stereocenters. The average molecular weight is 513 g/mol. The highest BCUT2D eigenvalue weighted by molar-refractivity contribution is 6.29. The number of alkyl carbamates (subject to hydrolysis) is 1. The van der Waals surface area contributed by atoms with Crippen LogP contribution in [0.2, 0.25) is 10.3 Å². The summed E-state index contributed by atoms with van der Waals surface area (Å²) in [7, 11) is 0. The van der Waals surface area contributed by atoms with Crippen LogP contribution >= 0.6 is 23.2 Å². The second kappa shape index (κ2) is 10.8. The molecule has 0 radical (unpaired) electrons. The Bertz CT molecular complexity index is 1270. The van der Waals surface area contributed by atoms with Crippen LogP contribution < -0.4 is 10.6 Å². The molecule has 3 aromatic rings. The van der Waals surface area contributed by atoms with Crippen molar-refractivity contribution in [3.63, 3.8) is 0 Å². The Hall–Kier alpha value is -3.56. The standard InChI is InChI=1S/C24H22Cl2N6O3/c1-13(15-3-5-20(25)28-9-15)31-22(33)8-18-7-17-11-30-23(19(17)12-27-18)32-24(34)35-14(2)16-4-6-21(26)29-10-16/h3-7,9-10,12-14H,8,11H2,1-2H3,(H,31,33)(H,30,32,34)/t13-,14-/m1/s1. The average Bonchev–Trinajstić information content (AvgIpc) is 3.21. The van der Waals surface area contributed by atoms with E-state index < -0.39 is 12.2 Å². The number of carbonyl (C=O) groups excluding carboxylic acids is 2. The van der Waals surface area contributed by atoms with Crippen molar-refractivity contribution >= 4 is 41.0 Å². The summed E-state index contributed by atoms with van der Waals surface area (Å²) >= 11 is 11.6. The summed E-state index contributed by atoms with van der Waals surface area (Å²) in [6.07, 6.45) is 3.72. The van der Waals surface area contributed by atoms with E-state index in [1.54, 1.807) is 43.7 Å². The van der Waals surface area contributed by atoms with Crippen molar-refractivity contribution < 1.29 is 14.3 Å². The lowest BCUT2D eigenvalue weighted by Crippen LogP contribution is -2.32. The smallest absolute Gasteiger partial charge is 0.413 e. The molecule has 0 saturated carbocycles. The van der Waals surface area contributed by atoms with E-state index in [1.165, 1.54) is 0 Å². The van der Waals surface area contributed by atoms with E-state index >= 15 is 0 Å². The molecule has 1 aliphatic heterocycles. The van der Waals surface area contributed by atoms with E-state index in [0.717, 1.165) is 11.1 Å². The van der Waals surface area contributed by atoms with Gasteiger partial charge in [0.15, 0.2) is 0 Å². The summed E-state index contributed by atoms with van der Waals surface area (Å²) in [4.78, 5) is 41.6. The molecule has 11 heteroatoms. The number of aromatic nitrogens is 3. The summed E-state index contributed by atoms with van der Waals surface area (Å²) in [6.45, 7) is 3.97. The zero-order chi connectivity index (χ0) is 24.9. The fraction of sp³-hybridized carbons (Fsp3) is 0.250. The van der Waals surface area contributed by atoms with Crippen molar-refractivity contribution in [2.24, 2.45) is 4.99 Å². The molecule has 9 nitrogen and oxygen atoms in total. The number of hydrogen-bond donors (Lipinski definition) is 2. The minimum absolute atomic E-state index is 0.107. The molecular formula is C24H22Cl2N6O3. The molecule has 0 aliphatic carbocycles. The van der Waals surface area contributed by atoms with Gasteiger partial charge in [-0.1, -0.05) is 35.3 Å². The fourth-order valence-electron chi connectivity index (χ4n) is 3.51. The third-order valence-corrected chi connectivity index (χ3v) is 5.85. The maximum Gasteiger partial charge on any atom is 0.413 e. The van der Waals surface area contributed by atoms with Crippen LogP contribution in [0.25, 0.3) is 0 Å². The zero-order valence-electron chi connectivity index (χ0n) is 19.0. The molecule has 0 spiro atoms. The molecular weight excluding hydrogens is 491 g/mol. The van der Waals surface area contributed by atoms with E-state index in [0.29, 0.717) is 39.5 Å². The number of carbonyl (C=O) groups is 2. The number of nitrogens with one attached hydrogen (secondary N) is 2. The highest BCUT2D eigenvalue weighted by Gasteiger charge is 2.22. The molecule has 4 heterocycles. The van der Waals surface area contributed by atoms with E-state index in [2.05, 4.69) is 30.6 Å². The van der Waals surface area contributed by atoms with Gasteiger partial charge in [0, 0.05) is 29.7 Å². The number of fused-ring (bicyclic) bond motifs is 1. The summed E-state index contributed by atoms with van der Waals surface area (Å²) in [6, 6.07) is 8.46. The summed E-state index contributed by atoms with van der Waals surface area (Å²) < 4.78 is 5.41. The number of hydrogen-bond acceptors (Lipinski definition) is 7. The van der Waals surface area contributed by atoms with Gasteiger partial charge >= 0.3 is 6.09 Å². The highest BCUT2D eigenvalue weighted by atomic mass is 35.5. The van der Waals surface area contributed by atoms with E-state index in [1.807, 2.05) is 19.1 Å². The quantitative estimate of drug-likeness (QED) is 0.474. The van der Waals surface area contributed by atoms with Gasteiger partial charge in [-0.25, -0.2) is 14.8 Å². The Kier molecular flexibility index (Phi) is 7.57. The van der Waals surface area contributed by atoms with Gasteiger partial charge in [-0.05, 0) is 43.2 Å². The summed E-state index contributed by atoms with van der Waals surface area (Å²) in [5.74, 6) is 0.199. The van der Waals surface area contributed by atoms with Crippen molar-refractivity contribution in [2.75, 3.05) is 0 Å². The third-order valence-electron chi connectivity index (χ3n) is 5.40. The maximum atomic E-state index is 12.5. The lowest BCUT2D eigenvalue weighted by atomic mass is 10.1. The van der Waals surface area contributed by atoms with Crippen LogP contribution in [0, 0.1) is 0 Å². The van der Waals surface area contributed by atoms with E-state index in [-0.39, 0.29) is 18.4 Å². The van der Waals surface area contributed by atoms with E-state index in [4.69, 9.17) is 27.9 Å². The van der Waals surface area contributed by atoms with Gasteiger partial charge in [-0.2, -0.15) is 0 Å². The summed E-state index contributed by atoms with van der Waals surface area (Å²) in [5, 5.41) is 6.35. The summed E-state index contributed by atoms with van der Waals surface area (Å²) in [5.41, 5.74) is 3.72. The van der Waals surface area contributed by atoms with Gasteiger partial charge in [0.1, 0.15) is 22.2 Å². The number of aliphatic imine (C=N–C) groups is 1. The molecule has 0 saturated heterocycles. The molecule has 1 aliphatic rings. The van der Waals surface area contributed by atoms with Gasteiger partial charge in [-0.3, -0.25) is 20.1 Å². The van der Waals surface area contributed by atoms with Crippen LogP contribution in [0.1, 0.15) is 53.9 Å². The predicted octanol–water partition coefficient (Wildman–Crippen LogP) is 4.35. The first-order valence-corrected chi connectivity index (χ1v) is 11.6. The molecule has 2 N–H and O–H groups in total. The maximum absolute atomic E-state index is 12.5. The fourth-order valence-corrected chi connectivity index (χ4v) is 3.73. The number of rotatable bonds is 6. The Morgan fingerprint density at radius 2 is 1.69 bits per heavy atom. The Morgan fingerprint density at radius 1 is 1.00 bits per heavy atom. The van der Waals surface area contributed by atoms with Crippen LogP contribution in [-0.2, 0) is 22.5 Å². The lowest BCUT2D eigenvalue weighted by Gasteiger charge is -2.15. The minimum atomic E-state index is -0.645. The highest BCUT2D eigenvalue weighted by Crippen LogP contribution is 2.21. The minimum Gasteiger partial charge on any atom is -0.441 e. The van der Waals surface area contributed by atoms with Gasteiger partial charge in [0.05, 0.1) is 24.7 Å². The van der Waals surface area contributed by atoms with Crippen molar-refractivity contribution in [1.29, 1.82) is 0 Å².